The second-order valence-electron chi connectivity index (χ2n) is 2.83. The number of carbonyl (C=O) groups is 1. The van der Waals surface area contributed by atoms with Gasteiger partial charge in [0.15, 0.2) is 5.78 Å². The van der Waals surface area contributed by atoms with Crippen molar-refractivity contribution >= 4 is 17.4 Å². The van der Waals surface area contributed by atoms with E-state index in [2.05, 4.69) is 0 Å². The predicted octanol–water partition coefficient (Wildman–Crippen LogP) is 3.38. The largest absolute Gasteiger partial charge is 0.294 e. The second-order valence-corrected chi connectivity index (χ2v) is 3.21. The summed E-state index contributed by atoms with van der Waals surface area (Å²) in [7, 11) is 0. The predicted molar refractivity (Wildman–Crippen MR) is 50.8 cm³/mol. The lowest BCUT2D eigenvalue weighted by Gasteiger charge is -2.05. The van der Waals surface area contributed by atoms with Gasteiger partial charge in [-0.2, -0.15) is 0 Å². The standard InChI is InChI=1S/C10H10ClFO/c1-3-8(13)9-7(12)5-4-6(2)10(9)11/h4-5H,3H2,1-2H3. The first kappa shape index (κ1) is 10.2. The van der Waals surface area contributed by atoms with Gasteiger partial charge in [-0.15, -0.1) is 0 Å². The average Bonchev–Trinajstić information content (AvgIpc) is 2.12. The van der Waals surface area contributed by atoms with Crippen molar-refractivity contribution < 1.29 is 9.18 Å². The second kappa shape index (κ2) is 3.88. The van der Waals surface area contributed by atoms with Crippen LogP contribution in [0.25, 0.3) is 0 Å². The Kier molecular flexibility index (Phi) is 3.04. The van der Waals surface area contributed by atoms with Crippen molar-refractivity contribution in [3.63, 3.8) is 0 Å². The summed E-state index contributed by atoms with van der Waals surface area (Å²) in [5.41, 5.74) is 0.740. The highest BCUT2D eigenvalue weighted by molar-refractivity contribution is 6.34. The van der Waals surface area contributed by atoms with Gasteiger partial charge in [0.2, 0.25) is 0 Å². The van der Waals surface area contributed by atoms with Crippen LogP contribution in [-0.4, -0.2) is 5.78 Å². The van der Waals surface area contributed by atoms with Gasteiger partial charge in [0, 0.05) is 6.42 Å². The zero-order valence-electron chi connectivity index (χ0n) is 7.53. The van der Waals surface area contributed by atoms with Crippen LogP contribution in [0.15, 0.2) is 12.1 Å². The van der Waals surface area contributed by atoms with Crippen LogP contribution in [0.3, 0.4) is 0 Å². The van der Waals surface area contributed by atoms with E-state index in [9.17, 15) is 9.18 Å². The number of rotatable bonds is 2. The summed E-state index contributed by atoms with van der Waals surface area (Å²) in [6, 6.07) is 2.83. The minimum Gasteiger partial charge on any atom is -0.294 e. The lowest BCUT2D eigenvalue weighted by Crippen LogP contribution is -2.02. The molecule has 0 heterocycles. The maximum absolute atomic E-state index is 13.2. The zero-order chi connectivity index (χ0) is 10.0. The van der Waals surface area contributed by atoms with Gasteiger partial charge < -0.3 is 0 Å². The fourth-order valence-electron chi connectivity index (χ4n) is 1.09. The first-order chi connectivity index (χ1) is 6.07. The molecule has 13 heavy (non-hydrogen) atoms. The number of aryl methyl sites for hydroxylation is 1. The highest BCUT2D eigenvalue weighted by Gasteiger charge is 2.15. The maximum Gasteiger partial charge on any atom is 0.167 e. The fraction of sp³-hybridized carbons (Fsp3) is 0.300. The Morgan fingerprint density at radius 2 is 2.15 bits per heavy atom. The lowest BCUT2D eigenvalue weighted by molar-refractivity contribution is 0.0984. The number of hydrogen-bond acceptors (Lipinski definition) is 1. The van der Waals surface area contributed by atoms with Gasteiger partial charge in [0.05, 0.1) is 10.6 Å². The highest BCUT2D eigenvalue weighted by atomic mass is 35.5. The van der Waals surface area contributed by atoms with E-state index in [4.69, 9.17) is 11.6 Å². The van der Waals surface area contributed by atoms with E-state index in [0.717, 1.165) is 5.56 Å². The molecule has 0 saturated carbocycles. The molecule has 0 aromatic heterocycles. The van der Waals surface area contributed by atoms with E-state index in [0.29, 0.717) is 0 Å². The molecular formula is C10H10ClFO. The number of benzene rings is 1. The Hall–Kier alpha value is -0.890. The van der Waals surface area contributed by atoms with Gasteiger partial charge in [-0.25, -0.2) is 4.39 Å². The SMILES string of the molecule is CCC(=O)c1c(F)ccc(C)c1Cl. The molecule has 0 atom stereocenters. The first-order valence-electron chi connectivity index (χ1n) is 4.05. The monoisotopic (exact) mass is 200 g/mol. The molecule has 0 amide bonds. The van der Waals surface area contributed by atoms with Crippen LogP contribution in [0.5, 0.6) is 0 Å². The molecule has 0 spiro atoms. The molecule has 1 nitrogen and oxygen atoms in total. The molecule has 0 N–H and O–H groups in total. The van der Waals surface area contributed by atoms with Crippen LogP contribution in [0.4, 0.5) is 4.39 Å². The topological polar surface area (TPSA) is 17.1 Å². The molecule has 0 radical (unpaired) electrons. The average molecular weight is 201 g/mol. The highest BCUT2D eigenvalue weighted by Crippen LogP contribution is 2.24. The van der Waals surface area contributed by atoms with Crippen LogP contribution in [0.1, 0.15) is 29.3 Å². The third kappa shape index (κ3) is 1.89. The number of hydrogen-bond donors (Lipinski definition) is 0. The quantitative estimate of drug-likeness (QED) is 0.669. The van der Waals surface area contributed by atoms with E-state index in [-0.39, 0.29) is 22.8 Å². The third-order valence-corrected chi connectivity index (χ3v) is 2.37. The normalized spacial score (nSPS) is 10.2. The van der Waals surface area contributed by atoms with Crippen molar-refractivity contribution in [2.45, 2.75) is 20.3 Å². The number of Topliss-reactive ketones (excluding diaryl/α,β-unsaturated/α-hetero) is 1. The molecule has 0 aliphatic heterocycles. The summed E-state index contributed by atoms with van der Waals surface area (Å²) in [5, 5.41) is 0.229. The van der Waals surface area contributed by atoms with Gasteiger partial charge in [0.1, 0.15) is 5.82 Å². The lowest BCUT2D eigenvalue weighted by atomic mass is 10.1. The van der Waals surface area contributed by atoms with Gasteiger partial charge in [-0.05, 0) is 18.6 Å². The number of ketones is 1. The van der Waals surface area contributed by atoms with Crippen molar-refractivity contribution in [3.8, 4) is 0 Å². The first-order valence-corrected chi connectivity index (χ1v) is 4.43. The van der Waals surface area contributed by atoms with Gasteiger partial charge >= 0.3 is 0 Å². The summed E-state index contributed by atoms with van der Waals surface area (Å²) < 4.78 is 13.2. The minimum absolute atomic E-state index is 0.0177. The molecule has 1 aromatic rings. The van der Waals surface area contributed by atoms with Crippen molar-refractivity contribution in [2.24, 2.45) is 0 Å². The smallest absolute Gasteiger partial charge is 0.167 e. The zero-order valence-corrected chi connectivity index (χ0v) is 8.28. The van der Waals surface area contributed by atoms with E-state index >= 15 is 0 Å². The Morgan fingerprint density at radius 3 is 2.69 bits per heavy atom. The molecule has 0 aliphatic rings. The molecule has 3 heteroatoms. The third-order valence-electron chi connectivity index (χ3n) is 1.88. The summed E-state index contributed by atoms with van der Waals surface area (Å²) in [6.45, 7) is 3.43. The molecule has 1 aromatic carbocycles. The molecule has 0 aliphatic carbocycles. The van der Waals surface area contributed by atoms with E-state index in [1.165, 1.54) is 6.07 Å². The summed E-state index contributed by atoms with van der Waals surface area (Å²) >= 11 is 5.81. The molecule has 0 fully saturated rings. The minimum atomic E-state index is -0.539. The summed E-state index contributed by atoms with van der Waals surface area (Å²) in [4.78, 5) is 11.3. The molecule has 1 rings (SSSR count). The Morgan fingerprint density at radius 1 is 1.54 bits per heavy atom. The molecular weight excluding hydrogens is 191 g/mol. The molecule has 0 saturated heterocycles. The van der Waals surface area contributed by atoms with Crippen LogP contribution >= 0.6 is 11.6 Å². The Bertz CT molecular complexity index is 347. The van der Waals surface area contributed by atoms with Crippen molar-refractivity contribution in [2.75, 3.05) is 0 Å². The van der Waals surface area contributed by atoms with Crippen molar-refractivity contribution in [1.29, 1.82) is 0 Å². The molecule has 70 valence electrons. The van der Waals surface area contributed by atoms with Crippen molar-refractivity contribution in [1.82, 2.24) is 0 Å². The summed E-state index contributed by atoms with van der Waals surface area (Å²) in [5.74, 6) is -0.798. The van der Waals surface area contributed by atoms with Crippen LogP contribution in [0, 0.1) is 12.7 Å². The van der Waals surface area contributed by atoms with Gasteiger partial charge in [-0.3, -0.25) is 4.79 Å². The van der Waals surface area contributed by atoms with Crippen LogP contribution in [-0.2, 0) is 0 Å². The van der Waals surface area contributed by atoms with Crippen LogP contribution in [0.2, 0.25) is 5.02 Å². The summed E-state index contributed by atoms with van der Waals surface area (Å²) in [6.07, 6.45) is 0.264. The van der Waals surface area contributed by atoms with Crippen molar-refractivity contribution in [3.05, 3.63) is 34.1 Å². The fourth-order valence-corrected chi connectivity index (χ4v) is 1.35. The Balaban J connectivity index is 3.33. The van der Waals surface area contributed by atoms with E-state index in [1.54, 1.807) is 19.9 Å². The van der Waals surface area contributed by atoms with Gasteiger partial charge in [0.25, 0.3) is 0 Å². The van der Waals surface area contributed by atoms with Crippen LogP contribution < -0.4 is 0 Å². The Labute approximate surface area is 81.5 Å². The molecule has 0 bridgehead atoms. The molecule has 0 unspecified atom stereocenters. The number of halogens is 2. The van der Waals surface area contributed by atoms with Gasteiger partial charge in [-0.1, -0.05) is 24.6 Å². The maximum atomic E-state index is 13.2. The van der Waals surface area contributed by atoms with E-state index in [1.807, 2.05) is 0 Å². The number of carbonyl (C=O) groups excluding carboxylic acids is 1. The van der Waals surface area contributed by atoms with E-state index < -0.39 is 5.82 Å².